The van der Waals surface area contributed by atoms with Gasteiger partial charge in [0.05, 0.1) is 0 Å². The summed E-state index contributed by atoms with van der Waals surface area (Å²) < 4.78 is 0. The van der Waals surface area contributed by atoms with Crippen molar-refractivity contribution < 1.29 is 4.79 Å². The van der Waals surface area contributed by atoms with E-state index < -0.39 is 0 Å². The first-order valence-electron chi connectivity index (χ1n) is 7.96. The lowest BCUT2D eigenvalue weighted by molar-refractivity contribution is -0.133. The molecule has 1 aliphatic carbocycles. The third-order valence-corrected chi connectivity index (χ3v) is 5.00. The Morgan fingerprint density at radius 1 is 1.15 bits per heavy atom. The van der Waals surface area contributed by atoms with Crippen LogP contribution < -0.4 is 4.90 Å². The SMILES string of the molecule is O=C(C1CC1)N1CCC[C@H]1CN1CCc2ccccc21. The van der Waals surface area contributed by atoms with E-state index in [4.69, 9.17) is 0 Å². The molecule has 2 heterocycles. The molecular formula is C17H22N2O. The van der Waals surface area contributed by atoms with Crippen LogP contribution in [0.15, 0.2) is 24.3 Å². The van der Waals surface area contributed by atoms with E-state index in [1.54, 1.807) is 0 Å². The van der Waals surface area contributed by atoms with Gasteiger partial charge in [-0.05, 0) is 43.7 Å². The molecule has 0 radical (unpaired) electrons. The Morgan fingerprint density at radius 3 is 2.85 bits per heavy atom. The van der Waals surface area contributed by atoms with Crippen molar-refractivity contribution in [1.29, 1.82) is 0 Å². The smallest absolute Gasteiger partial charge is 0.225 e. The van der Waals surface area contributed by atoms with Gasteiger partial charge in [0.15, 0.2) is 0 Å². The molecule has 1 aromatic carbocycles. The van der Waals surface area contributed by atoms with E-state index in [-0.39, 0.29) is 0 Å². The lowest BCUT2D eigenvalue weighted by Crippen LogP contribution is -2.43. The van der Waals surface area contributed by atoms with Gasteiger partial charge in [-0.15, -0.1) is 0 Å². The average Bonchev–Trinajstić information content (AvgIpc) is 3.10. The monoisotopic (exact) mass is 270 g/mol. The van der Waals surface area contributed by atoms with E-state index in [0.717, 1.165) is 38.9 Å². The second-order valence-corrected chi connectivity index (χ2v) is 6.43. The van der Waals surface area contributed by atoms with Crippen LogP contribution in [0.3, 0.4) is 0 Å². The van der Waals surface area contributed by atoms with Crippen molar-refractivity contribution in [2.75, 3.05) is 24.5 Å². The minimum atomic E-state index is 0.362. The van der Waals surface area contributed by atoms with E-state index in [2.05, 4.69) is 34.1 Å². The zero-order valence-corrected chi connectivity index (χ0v) is 11.9. The molecule has 0 bridgehead atoms. The molecule has 0 N–H and O–H groups in total. The van der Waals surface area contributed by atoms with Gasteiger partial charge in [-0.3, -0.25) is 4.79 Å². The van der Waals surface area contributed by atoms with E-state index in [0.29, 0.717) is 17.9 Å². The number of nitrogens with zero attached hydrogens (tertiary/aromatic N) is 2. The minimum Gasteiger partial charge on any atom is -0.369 e. The van der Waals surface area contributed by atoms with Crippen LogP contribution in [0, 0.1) is 5.92 Å². The molecule has 20 heavy (non-hydrogen) atoms. The van der Waals surface area contributed by atoms with Crippen LogP contribution in [-0.4, -0.2) is 36.5 Å². The third kappa shape index (κ3) is 2.09. The minimum absolute atomic E-state index is 0.362. The van der Waals surface area contributed by atoms with Crippen LogP contribution in [0.4, 0.5) is 5.69 Å². The highest BCUT2D eigenvalue weighted by atomic mass is 16.2. The quantitative estimate of drug-likeness (QED) is 0.842. The molecule has 0 spiro atoms. The third-order valence-electron chi connectivity index (χ3n) is 5.00. The van der Waals surface area contributed by atoms with Gasteiger partial charge >= 0.3 is 0 Å². The number of carbonyl (C=O) groups is 1. The van der Waals surface area contributed by atoms with Crippen LogP contribution in [-0.2, 0) is 11.2 Å². The number of benzene rings is 1. The number of fused-ring (bicyclic) bond motifs is 1. The molecule has 1 atom stereocenters. The number of anilines is 1. The predicted molar refractivity (Wildman–Crippen MR) is 79.8 cm³/mol. The summed E-state index contributed by atoms with van der Waals surface area (Å²) in [6.07, 6.45) is 5.75. The largest absolute Gasteiger partial charge is 0.369 e. The van der Waals surface area contributed by atoms with Gasteiger partial charge in [0.2, 0.25) is 5.91 Å². The molecule has 2 fully saturated rings. The van der Waals surface area contributed by atoms with Crippen molar-refractivity contribution in [3.8, 4) is 0 Å². The zero-order valence-electron chi connectivity index (χ0n) is 11.9. The Labute approximate surface area is 120 Å². The molecular weight excluding hydrogens is 248 g/mol. The van der Waals surface area contributed by atoms with E-state index in [9.17, 15) is 4.79 Å². The first-order chi connectivity index (χ1) is 9.83. The van der Waals surface area contributed by atoms with Crippen molar-refractivity contribution in [3.05, 3.63) is 29.8 Å². The first-order valence-corrected chi connectivity index (χ1v) is 7.96. The van der Waals surface area contributed by atoms with Gasteiger partial charge in [-0.25, -0.2) is 0 Å². The lowest BCUT2D eigenvalue weighted by atomic mass is 10.1. The first kappa shape index (κ1) is 12.2. The molecule has 1 amide bonds. The summed E-state index contributed by atoms with van der Waals surface area (Å²) in [5, 5.41) is 0. The molecule has 4 rings (SSSR count). The van der Waals surface area contributed by atoms with Crippen molar-refractivity contribution in [3.63, 3.8) is 0 Å². The van der Waals surface area contributed by atoms with Crippen molar-refractivity contribution in [1.82, 2.24) is 4.90 Å². The standard InChI is InChI=1S/C17H22N2O/c20-17(14-7-8-14)19-10-3-5-15(19)12-18-11-9-13-4-1-2-6-16(13)18/h1-2,4,6,14-15H,3,5,7-12H2/t15-/m0/s1. The highest BCUT2D eigenvalue weighted by molar-refractivity contribution is 5.81. The van der Waals surface area contributed by atoms with E-state index in [1.165, 1.54) is 24.1 Å². The molecule has 1 saturated heterocycles. The maximum atomic E-state index is 12.3. The van der Waals surface area contributed by atoms with Gasteiger partial charge < -0.3 is 9.80 Å². The van der Waals surface area contributed by atoms with E-state index >= 15 is 0 Å². The Kier molecular flexibility index (Phi) is 2.94. The van der Waals surface area contributed by atoms with Gasteiger partial charge in [0, 0.05) is 37.3 Å². The molecule has 1 aromatic rings. The van der Waals surface area contributed by atoms with Crippen LogP contribution in [0.1, 0.15) is 31.2 Å². The molecule has 106 valence electrons. The normalized spacial score (nSPS) is 25.1. The summed E-state index contributed by atoms with van der Waals surface area (Å²) in [4.78, 5) is 17.0. The predicted octanol–water partition coefficient (Wildman–Crippen LogP) is 2.45. The summed E-state index contributed by atoms with van der Waals surface area (Å²) in [5.74, 6) is 0.793. The zero-order chi connectivity index (χ0) is 13.5. The molecule has 3 aliphatic rings. The lowest BCUT2D eigenvalue weighted by Gasteiger charge is -2.30. The second kappa shape index (κ2) is 4.80. The molecule has 0 unspecified atom stereocenters. The number of carbonyl (C=O) groups excluding carboxylic acids is 1. The number of likely N-dealkylation sites (tertiary alicyclic amines) is 1. The van der Waals surface area contributed by atoms with Gasteiger partial charge in [-0.1, -0.05) is 18.2 Å². The average molecular weight is 270 g/mol. The van der Waals surface area contributed by atoms with Crippen LogP contribution in [0.25, 0.3) is 0 Å². The number of para-hydroxylation sites is 1. The van der Waals surface area contributed by atoms with Gasteiger partial charge in [-0.2, -0.15) is 0 Å². The Morgan fingerprint density at radius 2 is 2.00 bits per heavy atom. The summed E-state index contributed by atoms with van der Waals surface area (Å²) in [5.41, 5.74) is 2.85. The Balaban J connectivity index is 1.47. The molecule has 2 aliphatic heterocycles. The highest BCUT2D eigenvalue weighted by Crippen LogP contribution is 2.35. The highest BCUT2D eigenvalue weighted by Gasteiger charge is 2.39. The number of amides is 1. The van der Waals surface area contributed by atoms with Crippen molar-refractivity contribution in [2.45, 2.75) is 38.1 Å². The van der Waals surface area contributed by atoms with Gasteiger partial charge in [0.25, 0.3) is 0 Å². The van der Waals surface area contributed by atoms with Crippen LogP contribution in [0.2, 0.25) is 0 Å². The van der Waals surface area contributed by atoms with Crippen LogP contribution in [0.5, 0.6) is 0 Å². The van der Waals surface area contributed by atoms with Crippen molar-refractivity contribution in [2.24, 2.45) is 5.92 Å². The molecule has 1 saturated carbocycles. The maximum Gasteiger partial charge on any atom is 0.225 e. The molecule has 3 nitrogen and oxygen atoms in total. The number of hydrogen-bond donors (Lipinski definition) is 0. The Hall–Kier alpha value is -1.51. The van der Waals surface area contributed by atoms with Gasteiger partial charge in [0.1, 0.15) is 0 Å². The molecule has 3 heteroatoms. The van der Waals surface area contributed by atoms with E-state index in [1.807, 2.05) is 0 Å². The summed E-state index contributed by atoms with van der Waals surface area (Å²) in [7, 11) is 0. The topological polar surface area (TPSA) is 23.6 Å². The maximum absolute atomic E-state index is 12.3. The summed E-state index contributed by atoms with van der Waals surface area (Å²) in [6, 6.07) is 9.15. The fourth-order valence-electron chi connectivity index (χ4n) is 3.73. The number of hydrogen-bond acceptors (Lipinski definition) is 2. The summed E-state index contributed by atoms with van der Waals surface area (Å²) in [6.45, 7) is 3.12. The fourth-order valence-corrected chi connectivity index (χ4v) is 3.73. The molecule has 0 aromatic heterocycles. The Bertz CT molecular complexity index is 523. The van der Waals surface area contributed by atoms with Crippen LogP contribution >= 0.6 is 0 Å². The number of rotatable bonds is 3. The second-order valence-electron chi connectivity index (χ2n) is 6.43. The fraction of sp³-hybridized carbons (Fsp3) is 0.588. The summed E-state index contributed by atoms with van der Waals surface area (Å²) >= 11 is 0. The van der Waals surface area contributed by atoms with Crippen molar-refractivity contribution >= 4 is 11.6 Å².